The van der Waals surface area contributed by atoms with Crippen molar-refractivity contribution in [3.05, 3.63) is 17.8 Å². The molecule has 13 heteroatoms. The molecule has 2 aromatic rings. The Labute approximate surface area is 169 Å². The van der Waals surface area contributed by atoms with Crippen molar-refractivity contribution in [2.45, 2.75) is 39.6 Å². The van der Waals surface area contributed by atoms with Gasteiger partial charge in [-0.2, -0.15) is 0 Å². The summed E-state index contributed by atoms with van der Waals surface area (Å²) in [4.78, 5) is 12.2. The molecule has 0 saturated heterocycles. The van der Waals surface area contributed by atoms with Gasteiger partial charge in [-0.1, -0.05) is 11.6 Å². The molecule has 0 unspecified atom stereocenters. The van der Waals surface area contributed by atoms with Crippen LogP contribution in [0.4, 0.5) is 0 Å². The van der Waals surface area contributed by atoms with Gasteiger partial charge in [0.1, 0.15) is 11.8 Å². The van der Waals surface area contributed by atoms with Crippen LogP contribution in [0.2, 0.25) is 5.15 Å². The zero-order valence-electron chi connectivity index (χ0n) is 16.3. The van der Waals surface area contributed by atoms with Crippen LogP contribution in [0.1, 0.15) is 27.7 Å². The minimum Gasteiger partial charge on any atom is -0.314 e. The first-order chi connectivity index (χ1) is 13.3. The van der Waals surface area contributed by atoms with E-state index in [1.165, 1.54) is 12.7 Å². The third-order valence-electron chi connectivity index (χ3n) is 3.68. The van der Waals surface area contributed by atoms with Crippen LogP contribution in [-0.4, -0.2) is 51.3 Å². The number of hydrogen-bond donors (Lipinski definition) is 0. The molecule has 28 heavy (non-hydrogen) atoms. The van der Waals surface area contributed by atoms with E-state index in [9.17, 15) is 9.13 Å². The van der Waals surface area contributed by atoms with E-state index in [0.717, 1.165) is 0 Å². The van der Waals surface area contributed by atoms with Crippen molar-refractivity contribution in [1.29, 1.82) is 0 Å². The predicted molar refractivity (Wildman–Crippen MR) is 106 cm³/mol. The van der Waals surface area contributed by atoms with Crippen molar-refractivity contribution in [3.63, 3.8) is 0 Å². The van der Waals surface area contributed by atoms with E-state index in [1.807, 2.05) is 0 Å². The SMILES string of the molecule is CCOP(=O)(OCC)C(Cn1cnc2c(Cl)ncnc21)P(=O)(OCC)OCC. The van der Waals surface area contributed by atoms with Gasteiger partial charge in [0.05, 0.1) is 39.3 Å². The highest BCUT2D eigenvalue weighted by atomic mass is 35.5. The number of fused-ring (bicyclic) bond motifs is 1. The number of aromatic nitrogens is 4. The van der Waals surface area contributed by atoms with Gasteiger partial charge in [-0.25, -0.2) is 15.0 Å². The number of halogens is 1. The van der Waals surface area contributed by atoms with Crippen molar-refractivity contribution >= 4 is 38.0 Å². The van der Waals surface area contributed by atoms with Crippen LogP contribution in [0.3, 0.4) is 0 Å². The van der Waals surface area contributed by atoms with E-state index in [0.29, 0.717) is 11.2 Å². The highest BCUT2D eigenvalue weighted by molar-refractivity contribution is 7.72. The molecule has 0 amide bonds. The molecular weight excluding hydrogens is 430 g/mol. The Hall–Kier alpha value is -0.860. The average Bonchev–Trinajstić information content (AvgIpc) is 3.05. The molecule has 0 bridgehead atoms. The molecule has 0 aromatic carbocycles. The van der Waals surface area contributed by atoms with Crippen LogP contribution in [0.15, 0.2) is 12.7 Å². The molecule has 10 nitrogen and oxygen atoms in total. The van der Waals surface area contributed by atoms with Crippen LogP contribution >= 0.6 is 26.8 Å². The first-order valence-corrected chi connectivity index (χ1v) is 12.5. The van der Waals surface area contributed by atoms with Gasteiger partial charge in [0.2, 0.25) is 0 Å². The first-order valence-electron chi connectivity index (χ1n) is 8.94. The topological polar surface area (TPSA) is 115 Å². The van der Waals surface area contributed by atoms with Crippen molar-refractivity contribution in [2.24, 2.45) is 0 Å². The molecule has 0 aliphatic carbocycles. The van der Waals surface area contributed by atoms with Crippen molar-refractivity contribution in [3.8, 4) is 0 Å². The molecule has 0 aliphatic heterocycles. The Balaban J connectivity index is 2.57. The largest absolute Gasteiger partial charge is 0.347 e. The van der Waals surface area contributed by atoms with Crippen LogP contribution in [-0.2, 0) is 33.8 Å². The normalized spacial score (nSPS) is 12.9. The molecule has 0 atom stereocenters. The second-order valence-corrected chi connectivity index (χ2v) is 10.7. The summed E-state index contributed by atoms with van der Waals surface area (Å²) in [6.07, 6.45) is 2.73. The van der Waals surface area contributed by atoms with Gasteiger partial charge in [0, 0.05) is 0 Å². The fourth-order valence-electron chi connectivity index (χ4n) is 2.67. The molecule has 0 aliphatic rings. The van der Waals surface area contributed by atoms with Gasteiger partial charge in [-0.3, -0.25) is 9.13 Å². The van der Waals surface area contributed by atoms with E-state index in [1.54, 1.807) is 32.3 Å². The van der Waals surface area contributed by atoms with E-state index in [4.69, 9.17) is 29.7 Å². The second kappa shape index (κ2) is 10.3. The molecule has 2 rings (SSSR count). The van der Waals surface area contributed by atoms with E-state index < -0.39 is 20.6 Å². The molecule has 158 valence electrons. The molecule has 0 fully saturated rings. The lowest BCUT2D eigenvalue weighted by molar-refractivity contribution is 0.192. The lowest BCUT2D eigenvalue weighted by Crippen LogP contribution is -2.23. The molecule has 2 aromatic heterocycles. The van der Waals surface area contributed by atoms with E-state index >= 15 is 0 Å². The third-order valence-corrected chi connectivity index (χ3v) is 9.92. The van der Waals surface area contributed by atoms with Gasteiger partial charge < -0.3 is 22.7 Å². The number of nitrogens with zero attached hydrogens (tertiary/aromatic N) is 4. The van der Waals surface area contributed by atoms with Crippen molar-refractivity contribution in [2.75, 3.05) is 26.4 Å². The number of imidazole rings is 1. The van der Waals surface area contributed by atoms with E-state index in [2.05, 4.69) is 15.0 Å². The molecule has 0 spiro atoms. The Morgan fingerprint density at radius 3 is 1.89 bits per heavy atom. The molecular formula is C15H25ClN4O6P2. The first kappa shape index (κ1) is 23.4. The molecule has 2 heterocycles. The van der Waals surface area contributed by atoms with Crippen molar-refractivity contribution < 1.29 is 27.2 Å². The lowest BCUT2D eigenvalue weighted by Gasteiger charge is -2.31. The smallest absolute Gasteiger partial charge is 0.314 e. The summed E-state index contributed by atoms with van der Waals surface area (Å²) in [5, 5.41) is -1.04. The van der Waals surface area contributed by atoms with Crippen LogP contribution < -0.4 is 0 Å². The van der Waals surface area contributed by atoms with Crippen LogP contribution in [0.5, 0.6) is 0 Å². The minimum atomic E-state index is -3.88. The van der Waals surface area contributed by atoms with E-state index in [-0.39, 0.29) is 38.1 Å². The maximum atomic E-state index is 13.6. The molecule has 0 N–H and O–H groups in total. The van der Waals surface area contributed by atoms with Gasteiger partial charge in [0.25, 0.3) is 0 Å². The Morgan fingerprint density at radius 1 is 0.929 bits per heavy atom. The molecule has 0 saturated carbocycles. The monoisotopic (exact) mass is 454 g/mol. The highest BCUT2D eigenvalue weighted by Gasteiger charge is 2.51. The third kappa shape index (κ3) is 5.00. The standard InChI is InChI=1S/C15H25ClN4O6P2/c1-5-23-27(21,24-6-2)12(28(22,25-7-3)26-8-4)9-20-11-19-13-14(16)17-10-18-15(13)20/h10-12H,5-9H2,1-4H3. The highest BCUT2D eigenvalue weighted by Crippen LogP contribution is 2.70. The minimum absolute atomic E-state index is 0.0849. The number of rotatable bonds is 12. The van der Waals surface area contributed by atoms with Gasteiger partial charge in [-0.05, 0) is 27.7 Å². The van der Waals surface area contributed by atoms with Crippen LogP contribution in [0, 0.1) is 0 Å². The summed E-state index contributed by atoms with van der Waals surface area (Å²) < 4.78 is 50.6. The van der Waals surface area contributed by atoms with Gasteiger partial charge in [-0.15, -0.1) is 0 Å². The summed E-state index contributed by atoms with van der Waals surface area (Å²) in [6.45, 7) is 7.02. The van der Waals surface area contributed by atoms with Gasteiger partial charge >= 0.3 is 15.2 Å². The van der Waals surface area contributed by atoms with Crippen molar-refractivity contribution in [1.82, 2.24) is 19.5 Å². The zero-order valence-corrected chi connectivity index (χ0v) is 18.8. The summed E-state index contributed by atoms with van der Waals surface area (Å²) in [5.74, 6) is 0. The average molecular weight is 455 g/mol. The fraction of sp³-hybridized carbons (Fsp3) is 0.667. The van der Waals surface area contributed by atoms with Gasteiger partial charge in [0.15, 0.2) is 16.2 Å². The van der Waals surface area contributed by atoms with Crippen LogP contribution in [0.25, 0.3) is 11.2 Å². The Kier molecular flexibility index (Phi) is 8.58. The Bertz CT molecular complexity index is 829. The number of hydrogen-bond acceptors (Lipinski definition) is 9. The fourth-order valence-corrected chi connectivity index (χ4v) is 8.06. The summed E-state index contributed by atoms with van der Waals surface area (Å²) in [5.41, 5.74) is 0.761. The summed E-state index contributed by atoms with van der Waals surface area (Å²) >= 11 is 6.05. The predicted octanol–water partition coefficient (Wildman–Crippen LogP) is 4.34. The second-order valence-electron chi connectivity index (χ2n) is 5.47. The summed E-state index contributed by atoms with van der Waals surface area (Å²) in [6, 6.07) is 0. The maximum Gasteiger partial charge on any atom is 0.347 e. The lowest BCUT2D eigenvalue weighted by atomic mass is 10.5. The summed E-state index contributed by atoms with van der Waals surface area (Å²) in [7, 11) is -7.76. The quantitative estimate of drug-likeness (QED) is 0.341. The Morgan fingerprint density at radius 2 is 1.43 bits per heavy atom. The zero-order chi connectivity index (χ0) is 20.8. The maximum absolute atomic E-state index is 13.6. The molecule has 0 radical (unpaired) electrons.